The minimum atomic E-state index is 0.0381. The highest BCUT2D eigenvalue weighted by molar-refractivity contribution is 5.93. The van der Waals surface area contributed by atoms with Gasteiger partial charge in [0.25, 0.3) is 5.91 Å². The first kappa shape index (κ1) is 17.3. The fourth-order valence-electron chi connectivity index (χ4n) is 3.10. The molecule has 25 heavy (non-hydrogen) atoms. The Morgan fingerprint density at radius 1 is 1.20 bits per heavy atom. The lowest BCUT2D eigenvalue weighted by molar-refractivity contribution is 0.0718. The Hall–Kier alpha value is -2.56. The van der Waals surface area contributed by atoms with Crippen LogP contribution < -0.4 is 10.1 Å². The van der Waals surface area contributed by atoms with E-state index in [1.165, 1.54) is 12.0 Å². The van der Waals surface area contributed by atoms with Gasteiger partial charge in [0, 0.05) is 31.5 Å². The summed E-state index contributed by atoms with van der Waals surface area (Å²) in [6.45, 7) is 2.47. The van der Waals surface area contributed by atoms with E-state index in [0.717, 1.165) is 50.3 Å². The van der Waals surface area contributed by atoms with Crippen LogP contribution in [0.25, 0.3) is 0 Å². The molecule has 2 heterocycles. The molecule has 0 saturated carbocycles. The molecule has 1 fully saturated rings. The maximum absolute atomic E-state index is 12.5. The van der Waals surface area contributed by atoms with Gasteiger partial charge in [0.1, 0.15) is 11.4 Å². The number of aromatic nitrogens is 1. The third-order valence-electron chi connectivity index (χ3n) is 4.50. The van der Waals surface area contributed by atoms with Crippen LogP contribution in [0, 0.1) is 0 Å². The van der Waals surface area contributed by atoms with Crippen LogP contribution in [0.4, 0.5) is 5.69 Å². The van der Waals surface area contributed by atoms with Crippen molar-refractivity contribution in [3.63, 3.8) is 0 Å². The van der Waals surface area contributed by atoms with Gasteiger partial charge in [0.2, 0.25) is 0 Å². The zero-order valence-electron chi connectivity index (χ0n) is 14.7. The van der Waals surface area contributed by atoms with E-state index in [0.29, 0.717) is 5.69 Å². The Morgan fingerprint density at radius 2 is 2.04 bits per heavy atom. The lowest BCUT2D eigenvalue weighted by Gasteiger charge is -2.26. The Labute approximate surface area is 149 Å². The van der Waals surface area contributed by atoms with Gasteiger partial charge in [-0.15, -0.1) is 0 Å². The number of piperidine rings is 1. The van der Waals surface area contributed by atoms with E-state index in [9.17, 15) is 4.79 Å². The summed E-state index contributed by atoms with van der Waals surface area (Å²) in [5.74, 6) is 0.909. The molecule has 132 valence electrons. The lowest BCUT2D eigenvalue weighted by atomic mass is 10.1. The molecule has 5 nitrogen and oxygen atoms in total. The maximum Gasteiger partial charge on any atom is 0.272 e. The van der Waals surface area contributed by atoms with Gasteiger partial charge in [-0.25, -0.2) is 0 Å². The van der Waals surface area contributed by atoms with Gasteiger partial charge in [-0.05, 0) is 55.5 Å². The maximum atomic E-state index is 12.5. The highest BCUT2D eigenvalue weighted by atomic mass is 16.5. The number of hydrogen-bond acceptors (Lipinski definition) is 4. The monoisotopic (exact) mass is 339 g/mol. The van der Waals surface area contributed by atoms with E-state index in [1.54, 1.807) is 13.3 Å². The summed E-state index contributed by atoms with van der Waals surface area (Å²) in [4.78, 5) is 18.7. The van der Waals surface area contributed by atoms with Crippen molar-refractivity contribution in [2.24, 2.45) is 0 Å². The molecule has 3 rings (SSSR count). The average Bonchev–Trinajstić information content (AvgIpc) is 2.68. The number of ether oxygens (including phenoxy) is 1. The molecule has 1 aliphatic heterocycles. The van der Waals surface area contributed by atoms with E-state index in [2.05, 4.69) is 16.4 Å². The number of rotatable bonds is 6. The number of pyridine rings is 1. The van der Waals surface area contributed by atoms with Crippen LogP contribution in [0.5, 0.6) is 5.75 Å². The first-order chi connectivity index (χ1) is 12.3. The van der Waals surface area contributed by atoms with Crippen molar-refractivity contribution in [3.05, 3.63) is 53.9 Å². The van der Waals surface area contributed by atoms with Crippen molar-refractivity contribution in [2.75, 3.05) is 32.1 Å². The molecule has 1 saturated heterocycles. The zero-order chi connectivity index (χ0) is 17.5. The molecule has 0 unspecified atom stereocenters. The van der Waals surface area contributed by atoms with Crippen LogP contribution in [0.1, 0.15) is 35.3 Å². The number of nitrogens with zero attached hydrogens (tertiary/aromatic N) is 2. The fourth-order valence-corrected chi connectivity index (χ4v) is 3.10. The predicted molar refractivity (Wildman–Crippen MR) is 99.2 cm³/mol. The largest absolute Gasteiger partial charge is 0.497 e. The predicted octanol–water partition coefficient (Wildman–Crippen LogP) is 3.37. The van der Waals surface area contributed by atoms with Crippen LogP contribution in [0.3, 0.4) is 0 Å². The third kappa shape index (κ3) is 4.72. The van der Waals surface area contributed by atoms with Gasteiger partial charge in [-0.1, -0.05) is 12.1 Å². The van der Waals surface area contributed by atoms with Gasteiger partial charge in [0.15, 0.2) is 0 Å². The van der Waals surface area contributed by atoms with E-state index >= 15 is 0 Å². The van der Waals surface area contributed by atoms with Crippen LogP contribution in [0.2, 0.25) is 0 Å². The van der Waals surface area contributed by atoms with Gasteiger partial charge in [-0.3, -0.25) is 9.78 Å². The molecule has 1 amide bonds. The highest BCUT2D eigenvalue weighted by Gasteiger charge is 2.19. The highest BCUT2D eigenvalue weighted by Crippen LogP contribution is 2.16. The van der Waals surface area contributed by atoms with E-state index in [4.69, 9.17) is 4.74 Å². The van der Waals surface area contributed by atoms with Crippen molar-refractivity contribution in [3.8, 4) is 5.75 Å². The summed E-state index contributed by atoms with van der Waals surface area (Å²) in [6.07, 6.45) is 5.97. The molecule has 0 spiro atoms. The smallest absolute Gasteiger partial charge is 0.272 e. The number of hydrogen-bond donors (Lipinski definition) is 1. The molecular weight excluding hydrogens is 314 g/mol. The summed E-state index contributed by atoms with van der Waals surface area (Å²) in [7, 11) is 1.68. The van der Waals surface area contributed by atoms with Crippen LogP contribution in [0.15, 0.2) is 42.6 Å². The zero-order valence-corrected chi connectivity index (χ0v) is 14.7. The Balaban J connectivity index is 1.57. The minimum Gasteiger partial charge on any atom is -0.497 e. The fraction of sp³-hybridized carbons (Fsp3) is 0.400. The van der Waals surface area contributed by atoms with Crippen molar-refractivity contribution in [1.82, 2.24) is 9.88 Å². The molecule has 0 aliphatic carbocycles. The van der Waals surface area contributed by atoms with Crippen molar-refractivity contribution in [2.45, 2.75) is 25.7 Å². The number of amides is 1. The van der Waals surface area contributed by atoms with Gasteiger partial charge in [-0.2, -0.15) is 0 Å². The quantitative estimate of drug-likeness (QED) is 0.877. The molecule has 0 radical (unpaired) electrons. The van der Waals surface area contributed by atoms with Crippen molar-refractivity contribution in [1.29, 1.82) is 0 Å². The molecule has 1 aromatic carbocycles. The number of anilines is 1. The number of methoxy groups -OCH3 is 1. The molecule has 1 aromatic heterocycles. The first-order valence-electron chi connectivity index (χ1n) is 8.88. The summed E-state index contributed by atoms with van der Waals surface area (Å²) < 4.78 is 5.25. The molecule has 0 bridgehead atoms. The van der Waals surface area contributed by atoms with Crippen LogP contribution >= 0.6 is 0 Å². The summed E-state index contributed by atoms with van der Waals surface area (Å²) >= 11 is 0. The Bertz CT molecular complexity index is 712. The second-order valence-corrected chi connectivity index (χ2v) is 6.31. The topological polar surface area (TPSA) is 54.5 Å². The summed E-state index contributed by atoms with van der Waals surface area (Å²) in [6, 6.07) is 11.8. The van der Waals surface area contributed by atoms with E-state index in [1.807, 2.05) is 35.2 Å². The second kappa shape index (κ2) is 8.51. The Morgan fingerprint density at radius 3 is 2.84 bits per heavy atom. The van der Waals surface area contributed by atoms with E-state index < -0.39 is 0 Å². The molecule has 1 aliphatic rings. The summed E-state index contributed by atoms with van der Waals surface area (Å²) in [5.41, 5.74) is 2.66. The van der Waals surface area contributed by atoms with Crippen LogP contribution in [-0.2, 0) is 6.42 Å². The van der Waals surface area contributed by atoms with Gasteiger partial charge in [0.05, 0.1) is 7.11 Å². The molecule has 5 heteroatoms. The lowest BCUT2D eigenvalue weighted by Crippen LogP contribution is -2.36. The molecule has 2 aromatic rings. The van der Waals surface area contributed by atoms with Gasteiger partial charge < -0.3 is 15.0 Å². The van der Waals surface area contributed by atoms with Gasteiger partial charge >= 0.3 is 0 Å². The van der Waals surface area contributed by atoms with Crippen LogP contribution in [-0.4, -0.2) is 42.5 Å². The normalized spacial score (nSPS) is 14.2. The molecule has 0 atom stereocenters. The molecule has 1 N–H and O–H groups in total. The number of likely N-dealkylation sites (tertiary alicyclic amines) is 1. The second-order valence-electron chi connectivity index (χ2n) is 6.31. The minimum absolute atomic E-state index is 0.0381. The Kier molecular flexibility index (Phi) is 5.88. The number of nitrogens with one attached hydrogen (secondary N) is 1. The van der Waals surface area contributed by atoms with Crippen molar-refractivity contribution < 1.29 is 9.53 Å². The first-order valence-corrected chi connectivity index (χ1v) is 8.88. The average molecular weight is 339 g/mol. The number of benzene rings is 1. The number of carbonyl (C=O) groups is 1. The van der Waals surface area contributed by atoms with E-state index in [-0.39, 0.29) is 5.91 Å². The third-order valence-corrected chi connectivity index (χ3v) is 4.50. The number of carbonyl (C=O) groups excluding carboxylic acids is 1. The summed E-state index contributed by atoms with van der Waals surface area (Å²) in [5, 5.41) is 3.38. The standard InChI is InChI=1S/C20H25N3O2/c1-25-18-7-5-6-16(14-18)8-10-21-17-9-11-22-19(15-17)20(24)23-12-3-2-4-13-23/h5-7,9,11,14-15H,2-4,8,10,12-13H2,1H3,(H,21,22). The molecular formula is C20H25N3O2. The SMILES string of the molecule is COc1cccc(CCNc2ccnc(C(=O)N3CCCCC3)c2)c1. The van der Waals surface area contributed by atoms with Crippen molar-refractivity contribution >= 4 is 11.6 Å².